The molecule has 1 heterocycles. The minimum absolute atomic E-state index is 0.426. The third-order valence-electron chi connectivity index (χ3n) is 3.09. The molecule has 0 aromatic carbocycles. The Morgan fingerprint density at radius 3 is 2.79 bits per heavy atom. The molecule has 1 aromatic heterocycles. The van der Waals surface area contributed by atoms with Gasteiger partial charge in [-0.2, -0.15) is 4.98 Å². The molecule has 1 unspecified atom stereocenters. The molecule has 2 rings (SSSR count). The number of hydrogen-bond acceptors (Lipinski definition) is 4. The second-order valence-corrected chi connectivity index (χ2v) is 4.70. The van der Waals surface area contributed by atoms with Crippen molar-refractivity contribution in [1.29, 1.82) is 0 Å². The first-order valence-electron chi connectivity index (χ1n) is 5.10. The van der Waals surface area contributed by atoms with Gasteiger partial charge in [-0.3, -0.25) is 0 Å². The molecule has 0 amide bonds. The first-order chi connectivity index (χ1) is 6.58. The lowest BCUT2D eigenvalue weighted by Crippen LogP contribution is -2.49. The van der Waals surface area contributed by atoms with E-state index >= 15 is 0 Å². The zero-order valence-corrected chi connectivity index (χ0v) is 9.00. The summed E-state index contributed by atoms with van der Waals surface area (Å²) in [6.07, 6.45) is 2.55. The van der Waals surface area contributed by atoms with Crippen molar-refractivity contribution in [3.8, 4) is 0 Å². The maximum absolute atomic E-state index is 5.03. The van der Waals surface area contributed by atoms with Crippen molar-refractivity contribution in [3.05, 3.63) is 11.7 Å². The van der Waals surface area contributed by atoms with Crippen LogP contribution in [0.2, 0.25) is 0 Å². The summed E-state index contributed by atoms with van der Waals surface area (Å²) in [5.74, 6) is 1.39. The van der Waals surface area contributed by atoms with E-state index in [1.54, 1.807) is 0 Å². The first-order valence-corrected chi connectivity index (χ1v) is 5.10. The normalized spacial score (nSPS) is 24.6. The van der Waals surface area contributed by atoms with E-state index in [0.717, 1.165) is 0 Å². The summed E-state index contributed by atoms with van der Waals surface area (Å²) in [6, 6.07) is 0.592. The van der Waals surface area contributed by atoms with Gasteiger partial charge < -0.3 is 9.84 Å². The topological polar surface area (TPSA) is 51.0 Å². The monoisotopic (exact) mass is 195 g/mol. The summed E-state index contributed by atoms with van der Waals surface area (Å²) in [6.45, 7) is 7.09. The van der Waals surface area contributed by atoms with Crippen LogP contribution in [0, 0.1) is 12.3 Å². The molecule has 1 aliphatic rings. The number of nitrogens with one attached hydrogen (secondary N) is 1. The van der Waals surface area contributed by atoms with Crippen LogP contribution >= 0.6 is 0 Å². The molecule has 78 valence electrons. The maximum Gasteiger partial charge on any atom is 0.240 e. The molecule has 1 atom stereocenters. The van der Waals surface area contributed by atoms with Crippen molar-refractivity contribution in [2.24, 2.45) is 5.41 Å². The number of nitrogens with zero attached hydrogens (tertiary/aromatic N) is 2. The fourth-order valence-corrected chi connectivity index (χ4v) is 1.87. The summed E-state index contributed by atoms with van der Waals surface area (Å²) in [5.41, 5.74) is 0.426. The second-order valence-electron chi connectivity index (χ2n) is 4.70. The Kier molecular flexibility index (Phi) is 2.31. The number of aromatic nitrogens is 2. The van der Waals surface area contributed by atoms with Crippen LogP contribution in [0.1, 0.15) is 38.4 Å². The van der Waals surface area contributed by atoms with E-state index < -0.39 is 0 Å². The number of hydrogen-bond donors (Lipinski definition) is 1. The van der Waals surface area contributed by atoms with Crippen molar-refractivity contribution >= 4 is 0 Å². The molecule has 1 saturated carbocycles. The van der Waals surface area contributed by atoms with Gasteiger partial charge in [0, 0.05) is 6.04 Å². The molecule has 1 aromatic rings. The van der Waals surface area contributed by atoms with E-state index in [0.29, 0.717) is 29.7 Å². The summed E-state index contributed by atoms with van der Waals surface area (Å²) in [5, 5.41) is 7.19. The minimum Gasteiger partial charge on any atom is -0.338 e. The van der Waals surface area contributed by atoms with E-state index in [1.807, 2.05) is 6.92 Å². The van der Waals surface area contributed by atoms with E-state index in [1.165, 1.54) is 12.8 Å². The minimum atomic E-state index is 0.426. The van der Waals surface area contributed by atoms with Crippen LogP contribution in [0.25, 0.3) is 0 Å². The molecule has 14 heavy (non-hydrogen) atoms. The molecule has 1 fully saturated rings. The van der Waals surface area contributed by atoms with Crippen molar-refractivity contribution in [1.82, 2.24) is 15.5 Å². The second kappa shape index (κ2) is 3.35. The summed E-state index contributed by atoms with van der Waals surface area (Å²) in [7, 11) is 0. The van der Waals surface area contributed by atoms with E-state index in [-0.39, 0.29) is 0 Å². The Balaban J connectivity index is 1.83. The quantitative estimate of drug-likeness (QED) is 0.796. The summed E-state index contributed by atoms with van der Waals surface area (Å²) in [4.78, 5) is 4.15. The van der Waals surface area contributed by atoms with Crippen LogP contribution in [0.15, 0.2) is 4.52 Å². The average molecular weight is 195 g/mol. The predicted octanol–water partition coefficient (Wildman–Crippen LogP) is 1.66. The molecule has 1 aliphatic carbocycles. The molecule has 0 spiro atoms. The largest absolute Gasteiger partial charge is 0.338 e. The molecule has 4 nitrogen and oxygen atoms in total. The SMILES string of the molecule is Cc1noc(CNC2CCC2(C)C)n1. The van der Waals surface area contributed by atoms with Crippen LogP contribution < -0.4 is 5.32 Å². The molecule has 4 heteroatoms. The van der Waals surface area contributed by atoms with Crippen LogP contribution in [0.4, 0.5) is 0 Å². The molecule has 0 aliphatic heterocycles. The third-order valence-corrected chi connectivity index (χ3v) is 3.09. The molecular formula is C10H17N3O. The molecule has 0 saturated heterocycles. The van der Waals surface area contributed by atoms with E-state index in [9.17, 15) is 0 Å². The first kappa shape index (κ1) is 9.65. The molecular weight excluding hydrogens is 178 g/mol. The average Bonchev–Trinajstić information content (AvgIpc) is 2.50. The lowest BCUT2D eigenvalue weighted by atomic mass is 9.67. The highest BCUT2D eigenvalue weighted by molar-refractivity contribution is 4.95. The van der Waals surface area contributed by atoms with E-state index in [4.69, 9.17) is 4.52 Å². The van der Waals surface area contributed by atoms with Gasteiger partial charge in [-0.15, -0.1) is 0 Å². The maximum atomic E-state index is 5.03. The third kappa shape index (κ3) is 1.80. The Morgan fingerprint density at radius 2 is 2.36 bits per heavy atom. The zero-order chi connectivity index (χ0) is 10.2. The smallest absolute Gasteiger partial charge is 0.240 e. The zero-order valence-electron chi connectivity index (χ0n) is 9.00. The van der Waals surface area contributed by atoms with Gasteiger partial charge in [-0.25, -0.2) is 0 Å². The van der Waals surface area contributed by atoms with Gasteiger partial charge in [-0.05, 0) is 25.2 Å². The van der Waals surface area contributed by atoms with Crippen molar-refractivity contribution in [2.75, 3.05) is 0 Å². The van der Waals surface area contributed by atoms with Gasteiger partial charge in [0.1, 0.15) is 0 Å². The predicted molar refractivity (Wildman–Crippen MR) is 52.7 cm³/mol. The highest BCUT2D eigenvalue weighted by atomic mass is 16.5. The summed E-state index contributed by atoms with van der Waals surface area (Å²) < 4.78 is 5.03. The summed E-state index contributed by atoms with van der Waals surface area (Å²) >= 11 is 0. The lowest BCUT2D eigenvalue weighted by Gasteiger charge is -2.44. The van der Waals surface area contributed by atoms with Gasteiger partial charge in [0.05, 0.1) is 6.54 Å². The van der Waals surface area contributed by atoms with Crippen LogP contribution in [-0.2, 0) is 6.54 Å². The Bertz CT molecular complexity index is 319. The lowest BCUT2D eigenvalue weighted by molar-refractivity contribution is 0.105. The molecule has 1 N–H and O–H groups in total. The van der Waals surface area contributed by atoms with Gasteiger partial charge >= 0.3 is 0 Å². The van der Waals surface area contributed by atoms with Crippen LogP contribution in [0.5, 0.6) is 0 Å². The van der Waals surface area contributed by atoms with Gasteiger partial charge in [-0.1, -0.05) is 19.0 Å². The number of aryl methyl sites for hydroxylation is 1. The highest BCUT2D eigenvalue weighted by Gasteiger charge is 2.37. The Labute approximate surface area is 84.1 Å². The van der Waals surface area contributed by atoms with Crippen LogP contribution in [0.3, 0.4) is 0 Å². The van der Waals surface area contributed by atoms with Gasteiger partial charge in [0.25, 0.3) is 0 Å². The highest BCUT2D eigenvalue weighted by Crippen LogP contribution is 2.39. The number of rotatable bonds is 3. The van der Waals surface area contributed by atoms with E-state index in [2.05, 4.69) is 29.3 Å². The Morgan fingerprint density at radius 1 is 1.57 bits per heavy atom. The fraction of sp³-hybridized carbons (Fsp3) is 0.800. The molecule has 0 bridgehead atoms. The fourth-order valence-electron chi connectivity index (χ4n) is 1.87. The van der Waals surface area contributed by atoms with Crippen LogP contribution in [-0.4, -0.2) is 16.2 Å². The van der Waals surface area contributed by atoms with Gasteiger partial charge in [0.2, 0.25) is 5.89 Å². The van der Waals surface area contributed by atoms with Crippen molar-refractivity contribution < 1.29 is 4.52 Å². The molecule has 0 radical (unpaired) electrons. The van der Waals surface area contributed by atoms with Crippen molar-refractivity contribution in [2.45, 2.75) is 46.2 Å². The van der Waals surface area contributed by atoms with Gasteiger partial charge in [0.15, 0.2) is 5.82 Å². The Hall–Kier alpha value is -0.900. The van der Waals surface area contributed by atoms with Crippen molar-refractivity contribution in [3.63, 3.8) is 0 Å². The standard InChI is InChI=1S/C10H17N3O/c1-7-12-9(14-13-7)6-11-8-4-5-10(8,2)3/h8,11H,4-6H2,1-3H3.